The molecule has 32 heavy (non-hydrogen) atoms. The van der Waals surface area contributed by atoms with Crippen LogP contribution in [0.5, 0.6) is 23.0 Å². The summed E-state index contributed by atoms with van der Waals surface area (Å²) < 4.78 is 0.793. The van der Waals surface area contributed by atoms with Gasteiger partial charge in [0.05, 0.1) is 8.95 Å². The highest BCUT2D eigenvalue weighted by atomic mass is 79.9. The number of amides is 2. The van der Waals surface area contributed by atoms with Gasteiger partial charge in [0.2, 0.25) is 0 Å². The molecule has 3 rings (SSSR count). The summed E-state index contributed by atoms with van der Waals surface area (Å²) in [5.74, 6) is -0.952. The zero-order chi connectivity index (χ0) is 23.3. The molecule has 0 bridgehead atoms. The van der Waals surface area contributed by atoms with Crippen molar-refractivity contribution in [3.63, 3.8) is 0 Å². The Morgan fingerprint density at radius 2 is 1.34 bits per heavy atom. The molecule has 3 aromatic rings. The zero-order valence-electron chi connectivity index (χ0n) is 16.8. The summed E-state index contributed by atoms with van der Waals surface area (Å²) in [7, 11) is 0. The molecular weight excluding hydrogens is 544 g/mol. The first-order valence-corrected chi connectivity index (χ1v) is 11.4. The SMILES string of the molecule is O=C(NCCCC(c1cc(Br)c(O)cc1O)c1cc(Br)c(O)cc1O)Nc1ccccc1. The van der Waals surface area contributed by atoms with E-state index in [1.807, 2.05) is 18.2 Å². The Morgan fingerprint density at radius 3 is 1.88 bits per heavy atom. The molecule has 0 fully saturated rings. The van der Waals surface area contributed by atoms with Crippen LogP contribution in [0.2, 0.25) is 0 Å². The van der Waals surface area contributed by atoms with Crippen molar-refractivity contribution < 1.29 is 25.2 Å². The highest BCUT2D eigenvalue weighted by Crippen LogP contribution is 2.44. The Kier molecular flexibility index (Phi) is 7.87. The van der Waals surface area contributed by atoms with E-state index in [9.17, 15) is 25.2 Å². The van der Waals surface area contributed by atoms with Crippen molar-refractivity contribution >= 4 is 43.6 Å². The molecule has 0 aliphatic rings. The van der Waals surface area contributed by atoms with Crippen molar-refractivity contribution in [3.05, 3.63) is 74.7 Å². The van der Waals surface area contributed by atoms with E-state index in [0.717, 1.165) is 0 Å². The first kappa shape index (κ1) is 23.7. The number of phenols is 4. The topological polar surface area (TPSA) is 122 Å². The predicted octanol–water partition coefficient (Wildman–Crippen LogP) is 5.77. The molecule has 6 N–H and O–H groups in total. The summed E-state index contributed by atoms with van der Waals surface area (Å²) >= 11 is 6.52. The van der Waals surface area contributed by atoms with E-state index in [1.54, 1.807) is 24.3 Å². The minimum atomic E-state index is -0.470. The number of halogens is 2. The fourth-order valence-electron chi connectivity index (χ4n) is 3.37. The Labute approximate surface area is 202 Å². The van der Waals surface area contributed by atoms with Crippen molar-refractivity contribution in [2.24, 2.45) is 0 Å². The first-order chi connectivity index (χ1) is 15.3. The van der Waals surface area contributed by atoms with Gasteiger partial charge in [-0.1, -0.05) is 18.2 Å². The van der Waals surface area contributed by atoms with Crippen LogP contribution in [0.25, 0.3) is 0 Å². The number of carbonyl (C=O) groups is 1. The third kappa shape index (κ3) is 5.86. The zero-order valence-corrected chi connectivity index (χ0v) is 20.0. The molecule has 0 saturated heterocycles. The highest BCUT2D eigenvalue weighted by molar-refractivity contribution is 9.10. The van der Waals surface area contributed by atoms with E-state index in [1.165, 1.54) is 12.1 Å². The molecule has 0 radical (unpaired) electrons. The van der Waals surface area contributed by atoms with Crippen molar-refractivity contribution in [2.75, 3.05) is 11.9 Å². The van der Waals surface area contributed by atoms with E-state index in [0.29, 0.717) is 45.1 Å². The minimum absolute atomic E-state index is 0.111. The van der Waals surface area contributed by atoms with Gasteiger partial charge in [0.15, 0.2) is 0 Å². The van der Waals surface area contributed by atoms with Gasteiger partial charge in [0, 0.05) is 41.4 Å². The van der Waals surface area contributed by atoms with E-state index in [-0.39, 0.29) is 29.0 Å². The maximum atomic E-state index is 12.1. The van der Waals surface area contributed by atoms with Crippen molar-refractivity contribution in [3.8, 4) is 23.0 Å². The lowest BCUT2D eigenvalue weighted by molar-refractivity contribution is 0.252. The van der Waals surface area contributed by atoms with Crippen molar-refractivity contribution in [2.45, 2.75) is 18.8 Å². The summed E-state index contributed by atoms with van der Waals surface area (Å²) in [6, 6.07) is 14.4. The summed E-state index contributed by atoms with van der Waals surface area (Å²) in [5, 5.41) is 46.2. The third-order valence-corrected chi connectivity index (χ3v) is 6.20. The number of phenolic OH excluding ortho intramolecular Hbond substituents is 4. The van der Waals surface area contributed by atoms with Gasteiger partial charge < -0.3 is 31.1 Å². The fraction of sp³-hybridized carbons (Fsp3) is 0.174. The summed E-state index contributed by atoms with van der Waals surface area (Å²) in [6.07, 6.45) is 0.990. The second-order valence-electron chi connectivity index (χ2n) is 7.17. The second-order valence-corrected chi connectivity index (χ2v) is 8.88. The number of aromatic hydroxyl groups is 4. The number of benzene rings is 3. The molecular formula is C23H22Br2N2O5. The normalized spacial score (nSPS) is 10.8. The molecule has 3 aromatic carbocycles. The van der Waals surface area contributed by atoms with Crippen LogP contribution in [0.4, 0.5) is 10.5 Å². The molecule has 7 nitrogen and oxygen atoms in total. The number of hydrogen-bond donors (Lipinski definition) is 6. The van der Waals surface area contributed by atoms with E-state index >= 15 is 0 Å². The van der Waals surface area contributed by atoms with E-state index in [2.05, 4.69) is 42.5 Å². The Balaban J connectivity index is 1.76. The molecule has 0 aromatic heterocycles. The molecule has 0 heterocycles. The number of hydrogen-bond acceptors (Lipinski definition) is 5. The Morgan fingerprint density at radius 1 is 0.812 bits per heavy atom. The number of rotatable bonds is 7. The molecule has 168 valence electrons. The molecule has 0 aliphatic heterocycles. The number of carbonyl (C=O) groups excluding carboxylic acids is 1. The lowest BCUT2D eigenvalue weighted by Crippen LogP contribution is -2.29. The second kappa shape index (κ2) is 10.6. The van der Waals surface area contributed by atoms with Gasteiger partial charge in [0.1, 0.15) is 23.0 Å². The van der Waals surface area contributed by atoms with Gasteiger partial charge in [-0.05, 0) is 69.0 Å². The van der Waals surface area contributed by atoms with Crippen LogP contribution in [-0.4, -0.2) is 33.0 Å². The number of anilines is 1. The van der Waals surface area contributed by atoms with Gasteiger partial charge in [-0.3, -0.25) is 0 Å². The van der Waals surface area contributed by atoms with Crippen LogP contribution in [-0.2, 0) is 0 Å². The van der Waals surface area contributed by atoms with E-state index in [4.69, 9.17) is 0 Å². The molecule has 9 heteroatoms. The Hall–Kier alpha value is -2.91. The number of urea groups is 1. The lowest BCUT2D eigenvalue weighted by Gasteiger charge is -2.21. The summed E-state index contributed by atoms with van der Waals surface area (Å²) in [4.78, 5) is 12.1. The lowest BCUT2D eigenvalue weighted by atomic mass is 9.86. The van der Waals surface area contributed by atoms with Gasteiger partial charge in [0.25, 0.3) is 0 Å². The van der Waals surface area contributed by atoms with Gasteiger partial charge in [-0.2, -0.15) is 0 Å². The maximum Gasteiger partial charge on any atom is 0.319 e. The first-order valence-electron chi connectivity index (χ1n) is 9.79. The van der Waals surface area contributed by atoms with Gasteiger partial charge in [-0.15, -0.1) is 0 Å². The molecule has 0 unspecified atom stereocenters. The molecule has 0 atom stereocenters. The molecule has 2 amide bonds. The number of nitrogens with one attached hydrogen (secondary N) is 2. The van der Waals surface area contributed by atoms with Crippen LogP contribution >= 0.6 is 31.9 Å². The van der Waals surface area contributed by atoms with Crippen LogP contribution in [0.3, 0.4) is 0 Å². The van der Waals surface area contributed by atoms with Gasteiger partial charge in [-0.25, -0.2) is 4.79 Å². The standard InChI is InChI=1S/C23H22Br2N2O5/c24-17-9-15(19(28)11-21(17)30)14(16-10-18(25)22(31)12-20(16)29)7-4-8-26-23(32)27-13-5-2-1-3-6-13/h1-3,5-6,9-12,14,28-31H,4,7-8H2,(H2,26,27,32). The quantitative estimate of drug-likeness (QED) is 0.203. The highest BCUT2D eigenvalue weighted by Gasteiger charge is 2.23. The van der Waals surface area contributed by atoms with Gasteiger partial charge >= 0.3 is 6.03 Å². The average molecular weight is 566 g/mol. The summed E-state index contributed by atoms with van der Waals surface area (Å²) in [5.41, 5.74) is 1.65. The maximum absolute atomic E-state index is 12.1. The summed E-state index contributed by atoms with van der Waals surface area (Å²) in [6.45, 7) is 0.356. The van der Waals surface area contributed by atoms with E-state index < -0.39 is 5.92 Å². The predicted molar refractivity (Wildman–Crippen MR) is 129 cm³/mol. The molecule has 0 aliphatic carbocycles. The third-order valence-electron chi connectivity index (χ3n) is 4.93. The molecule has 0 saturated carbocycles. The monoisotopic (exact) mass is 564 g/mol. The average Bonchev–Trinajstić information content (AvgIpc) is 2.75. The Bertz CT molecular complexity index is 1050. The van der Waals surface area contributed by atoms with Crippen molar-refractivity contribution in [1.29, 1.82) is 0 Å². The van der Waals surface area contributed by atoms with Crippen LogP contribution < -0.4 is 10.6 Å². The largest absolute Gasteiger partial charge is 0.508 e. The minimum Gasteiger partial charge on any atom is -0.508 e. The smallest absolute Gasteiger partial charge is 0.319 e. The van der Waals surface area contributed by atoms with Crippen molar-refractivity contribution in [1.82, 2.24) is 5.32 Å². The number of para-hydroxylation sites is 1. The fourth-order valence-corrected chi connectivity index (χ4v) is 4.10. The van der Waals surface area contributed by atoms with Crippen LogP contribution in [0, 0.1) is 0 Å². The molecule has 0 spiro atoms. The van der Waals surface area contributed by atoms with Crippen LogP contribution in [0.1, 0.15) is 29.9 Å². The van der Waals surface area contributed by atoms with Crippen LogP contribution in [0.15, 0.2) is 63.5 Å².